The molecule has 1 rings (SSSR count). The van der Waals surface area contributed by atoms with Gasteiger partial charge < -0.3 is 15.5 Å². The van der Waals surface area contributed by atoms with Gasteiger partial charge in [0.05, 0.1) is 0 Å². The molecule has 2 amide bonds. The normalized spacial score (nSPS) is 11.4. The minimum absolute atomic E-state index is 0.300. The van der Waals surface area contributed by atoms with E-state index in [0.717, 1.165) is 12.1 Å². The Balaban J connectivity index is 2.73. The summed E-state index contributed by atoms with van der Waals surface area (Å²) >= 11 is 6.04. The molecule has 0 atom stereocenters. The fourth-order valence-electron chi connectivity index (χ4n) is 1.74. The third-order valence-electron chi connectivity index (χ3n) is 3.50. The Kier molecular flexibility index (Phi) is 6.38. The minimum Gasteiger partial charge on any atom is -0.354 e. The molecule has 0 heterocycles. The molecule has 0 radical (unpaired) electrons. The average molecular weight is 326 g/mol. The highest BCUT2D eigenvalue weighted by atomic mass is 35.5. The second-order valence-corrected chi connectivity index (χ2v) is 6.46. The van der Waals surface area contributed by atoms with Gasteiger partial charge in [-0.1, -0.05) is 17.7 Å². The van der Waals surface area contributed by atoms with Crippen molar-refractivity contribution < 1.29 is 9.59 Å². The molecular weight excluding hydrogens is 302 g/mol. The number of nitrogens with one attached hydrogen (secondary N) is 2. The van der Waals surface area contributed by atoms with E-state index < -0.39 is 5.41 Å². The summed E-state index contributed by atoms with van der Waals surface area (Å²) in [5.74, 6) is -0.660. The van der Waals surface area contributed by atoms with Crippen molar-refractivity contribution in [1.29, 1.82) is 0 Å². The zero-order valence-electron chi connectivity index (χ0n) is 13.8. The van der Waals surface area contributed by atoms with E-state index in [2.05, 4.69) is 10.6 Å². The Morgan fingerprint density at radius 1 is 1.23 bits per heavy atom. The smallest absolute Gasteiger partial charge is 0.239 e. The van der Waals surface area contributed by atoms with Crippen LogP contribution in [0.5, 0.6) is 0 Å². The molecule has 0 fully saturated rings. The number of halogens is 1. The van der Waals surface area contributed by atoms with Gasteiger partial charge in [0.1, 0.15) is 5.41 Å². The molecule has 2 N–H and O–H groups in total. The van der Waals surface area contributed by atoms with Crippen molar-refractivity contribution in [3.8, 4) is 0 Å². The van der Waals surface area contributed by atoms with E-state index in [9.17, 15) is 9.59 Å². The van der Waals surface area contributed by atoms with Gasteiger partial charge in [-0.25, -0.2) is 0 Å². The number of hydrogen-bond donors (Lipinski definition) is 2. The van der Waals surface area contributed by atoms with Gasteiger partial charge in [-0.15, -0.1) is 0 Å². The van der Waals surface area contributed by atoms with E-state index in [1.54, 1.807) is 32.0 Å². The van der Waals surface area contributed by atoms with Crippen molar-refractivity contribution in [2.24, 2.45) is 5.41 Å². The van der Waals surface area contributed by atoms with Crippen LogP contribution >= 0.6 is 11.6 Å². The van der Waals surface area contributed by atoms with Crippen molar-refractivity contribution in [2.75, 3.05) is 32.5 Å². The number of carbonyl (C=O) groups is 2. The van der Waals surface area contributed by atoms with Crippen LogP contribution in [0.3, 0.4) is 0 Å². The maximum absolute atomic E-state index is 12.4. The number of amides is 2. The number of hydrogen-bond acceptors (Lipinski definition) is 3. The molecule has 22 heavy (non-hydrogen) atoms. The lowest BCUT2D eigenvalue weighted by Gasteiger charge is -2.24. The van der Waals surface area contributed by atoms with Crippen LogP contribution < -0.4 is 10.6 Å². The van der Waals surface area contributed by atoms with Crippen molar-refractivity contribution in [3.63, 3.8) is 0 Å². The molecule has 6 heteroatoms. The Labute approximate surface area is 137 Å². The zero-order chi connectivity index (χ0) is 16.9. The van der Waals surface area contributed by atoms with Crippen molar-refractivity contribution in [3.05, 3.63) is 28.8 Å². The Hall–Kier alpha value is -1.59. The van der Waals surface area contributed by atoms with Crippen LogP contribution in [0.2, 0.25) is 5.02 Å². The summed E-state index contributed by atoms with van der Waals surface area (Å²) in [6.07, 6.45) is 0. The van der Waals surface area contributed by atoms with E-state index in [-0.39, 0.29) is 11.8 Å². The molecule has 0 aliphatic carbocycles. The van der Waals surface area contributed by atoms with E-state index in [1.807, 2.05) is 25.9 Å². The molecule has 0 saturated carbocycles. The standard InChI is InChI=1S/C16H24ClN3O2/c1-11-12(17)7-6-8-13(11)19-15(22)16(2,3)14(21)18-9-10-20(4)5/h6-8H,9-10H2,1-5H3,(H,18,21)(H,19,22). The van der Waals surface area contributed by atoms with Gasteiger partial charge in [0.15, 0.2) is 0 Å². The zero-order valence-corrected chi connectivity index (χ0v) is 14.5. The van der Waals surface area contributed by atoms with E-state index in [1.165, 1.54) is 0 Å². The van der Waals surface area contributed by atoms with Crippen LogP contribution in [0.4, 0.5) is 5.69 Å². The molecule has 122 valence electrons. The summed E-state index contributed by atoms with van der Waals surface area (Å²) in [6.45, 7) is 6.25. The van der Waals surface area contributed by atoms with Crippen LogP contribution in [0.15, 0.2) is 18.2 Å². The van der Waals surface area contributed by atoms with Gasteiger partial charge in [0.25, 0.3) is 0 Å². The number of nitrogens with zero attached hydrogens (tertiary/aromatic N) is 1. The van der Waals surface area contributed by atoms with Gasteiger partial charge in [-0.3, -0.25) is 9.59 Å². The summed E-state index contributed by atoms with van der Waals surface area (Å²) in [6, 6.07) is 5.28. The summed E-state index contributed by atoms with van der Waals surface area (Å²) < 4.78 is 0. The topological polar surface area (TPSA) is 61.4 Å². The number of carbonyl (C=O) groups excluding carboxylic acids is 2. The summed E-state index contributed by atoms with van der Waals surface area (Å²) in [4.78, 5) is 26.6. The lowest BCUT2D eigenvalue weighted by atomic mass is 9.90. The van der Waals surface area contributed by atoms with Crippen LogP contribution in [0, 0.1) is 12.3 Å². The maximum atomic E-state index is 12.4. The largest absolute Gasteiger partial charge is 0.354 e. The first kappa shape index (κ1) is 18.5. The molecule has 0 unspecified atom stereocenters. The quantitative estimate of drug-likeness (QED) is 0.789. The molecule has 5 nitrogen and oxygen atoms in total. The second kappa shape index (κ2) is 7.61. The fraction of sp³-hybridized carbons (Fsp3) is 0.500. The van der Waals surface area contributed by atoms with Gasteiger partial charge >= 0.3 is 0 Å². The molecule has 0 spiro atoms. The number of anilines is 1. The van der Waals surface area contributed by atoms with Crippen LogP contribution in [0.1, 0.15) is 19.4 Å². The summed E-state index contributed by atoms with van der Waals surface area (Å²) in [5.41, 5.74) is 0.231. The molecule has 0 aliphatic heterocycles. The third-order valence-corrected chi connectivity index (χ3v) is 3.91. The molecular formula is C16H24ClN3O2. The summed E-state index contributed by atoms with van der Waals surface area (Å²) in [5, 5.41) is 6.13. The van der Waals surface area contributed by atoms with Crippen molar-refractivity contribution in [2.45, 2.75) is 20.8 Å². The number of rotatable bonds is 6. The SMILES string of the molecule is Cc1c(Cl)cccc1NC(=O)C(C)(C)C(=O)NCCN(C)C. The predicted octanol–water partition coefficient (Wildman–Crippen LogP) is 2.29. The second-order valence-electron chi connectivity index (χ2n) is 6.05. The first-order chi connectivity index (χ1) is 10.2. The highest BCUT2D eigenvalue weighted by molar-refractivity contribution is 6.31. The maximum Gasteiger partial charge on any atom is 0.239 e. The van der Waals surface area contributed by atoms with E-state index in [0.29, 0.717) is 17.3 Å². The Morgan fingerprint density at radius 3 is 2.45 bits per heavy atom. The highest BCUT2D eigenvalue weighted by Gasteiger charge is 2.36. The lowest BCUT2D eigenvalue weighted by molar-refractivity contribution is -0.138. The minimum atomic E-state index is -1.17. The number of likely N-dealkylation sites (N-methyl/N-ethyl adjacent to an activating group) is 1. The van der Waals surface area contributed by atoms with Gasteiger partial charge in [0, 0.05) is 23.8 Å². The fourth-order valence-corrected chi connectivity index (χ4v) is 1.91. The Morgan fingerprint density at radius 2 is 1.86 bits per heavy atom. The van der Waals surface area contributed by atoms with E-state index in [4.69, 9.17) is 11.6 Å². The third kappa shape index (κ3) is 4.71. The molecule has 1 aromatic carbocycles. The van der Waals surface area contributed by atoms with Gasteiger partial charge in [0.2, 0.25) is 11.8 Å². The lowest BCUT2D eigenvalue weighted by Crippen LogP contribution is -2.46. The van der Waals surface area contributed by atoms with Crippen LogP contribution in [-0.2, 0) is 9.59 Å². The molecule has 0 saturated heterocycles. The molecule has 1 aromatic rings. The van der Waals surface area contributed by atoms with Gasteiger partial charge in [-0.05, 0) is 52.6 Å². The Bertz CT molecular complexity index is 556. The first-order valence-electron chi connectivity index (χ1n) is 7.16. The number of benzene rings is 1. The summed E-state index contributed by atoms with van der Waals surface area (Å²) in [7, 11) is 3.85. The molecule has 0 aliphatic rings. The molecule has 0 aromatic heterocycles. The van der Waals surface area contributed by atoms with Crippen molar-refractivity contribution >= 4 is 29.1 Å². The van der Waals surface area contributed by atoms with Crippen LogP contribution in [0.25, 0.3) is 0 Å². The van der Waals surface area contributed by atoms with Crippen LogP contribution in [-0.4, -0.2) is 43.9 Å². The van der Waals surface area contributed by atoms with E-state index >= 15 is 0 Å². The monoisotopic (exact) mass is 325 g/mol. The van der Waals surface area contributed by atoms with Crippen molar-refractivity contribution in [1.82, 2.24) is 10.2 Å². The van der Waals surface area contributed by atoms with Gasteiger partial charge in [-0.2, -0.15) is 0 Å². The first-order valence-corrected chi connectivity index (χ1v) is 7.53. The highest BCUT2D eigenvalue weighted by Crippen LogP contribution is 2.25. The molecule has 0 bridgehead atoms. The average Bonchev–Trinajstić information content (AvgIpc) is 2.43. The predicted molar refractivity (Wildman–Crippen MR) is 90.2 cm³/mol.